The van der Waals surface area contributed by atoms with Crippen molar-refractivity contribution in [3.8, 4) is 11.8 Å². The van der Waals surface area contributed by atoms with Crippen molar-refractivity contribution in [3.63, 3.8) is 0 Å². The lowest BCUT2D eigenvalue weighted by molar-refractivity contribution is -0.133. The lowest BCUT2D eigenvalue weighted by Gasteiger charge is -2.10. The number of carbonyl (C=O) groups excluding carboxylic acids is 1. The Labute approximate surface area is 142 Å². The number of methoxy groups -OCH3 is 2. The van der Waals surface area contributed by atoms with Crippen LogP contribution in [0.1, 0.15) is 30.9 Å². The maximum Gasteiger partial charge on any atom is 0.341 e. The highest BCUT2D eigenvalue weighted by molar-refractivity contribution is 6.16. The molecule has 0 unspecified atom stereocenters. The number of nitrogens with zero attached hydrogens (tertiary/aromatic N) is 1. The van der Waals surface area contributed by atoms with Crippen molar-refractivity contribution in [1.29, 1.82) is 0 Å². The Kier molecular flexibility index (Phi) is 6.44. The zero-order valence-corrected chi connectivity index (χ0v) is 14.2. The van der Waals surface area contributed by atoms with Crippen LogP contribution in [0.5, 0.6) is 0 Å². The second-order valence-electron chi connectivity index (χ2n) is 5.41. The zero-order valence-electron chi connectivity index (χ0n) is 14.2. The summed E-state index contributed by atoms with van der Waals surface area (Å²) in [5, 5.41) is 4.01. The van der Waals surface area contributed by atoms with Crippen molar-refractivity contribution >= 4 is 17.3 Å². The Bertz CT molecular complexity index is 706. The van der Waals surface area contributed by atoms with Crippen LogP contribution < -0.4 is 0 Å². The van der Waals surface area contributed by atoms with E-state index in [9.17, 15) is 4.79 Å². The van der Waals surface area contributed by atoms with E-state index in [-0.39, 0.29) is 6.61 Å². The molecule has 5 nitrogen and oxygen atoms in total. The van der Waals surface area contributed by atoms with Crippen LogP contribution in [0.2, 0.25) is 0 Å². The van der Waals surface area contributed by atoms with Gasteiger partial charge in [0.1, 0.15) is 17.9 Å². The van der Waals surface area contributed by atoms with Gasteiger partial charge in [-0.3, -0.25) is 0 Å². The molecule has 1 fully saturated rings. The Morgan fingerprint density at radius 3 is 2.75 bits per heavy atom. The summed E-state index contributed by atoms with van der Waals surface area (Å²) in [6, 6.07) is 7.38. The molecule has 0 bridgehead atoms. The van der Waals surface area contributed by atoms with Crippen molar-refractivity contribution in [1.82, 2.24) is 0 Å². The molecule has 0 amide bonds. The molecule has 0 spiro atoms. The van der Waals surface area contributed by atoms with Crippen LogP contribution in [0.3, 0.4) is 0 Å². The summed E-state index contributed by atoms with van der Waals surface area (Å²) < 4.78 is 9.79. The minimum atomic E-state index is -0.473. The van der Waals surface area contributed by atoms with Crippen LogP contribution in [0.15, 0.2) is 35.7 Å². The maximum absolute atomic E-state index is 11.9. The van der Waals surface area contributed by atoms with Crippen LogP contribution in [0.25, 0.3) is 5.57 Å². The molecule has 0 radical (unpaired) electrons. The van der Waals surface area contributed by atoms with E-state index in [4.69, 9.17) is 14.3 Å². The van der Waals surface area contributed by atoms with Crippen molar-refractivity contribution in [2.75, 3.05) is 14.2 Å². The van der Waals surface area contributed by atoms with Crippen LogP contribution in [-0.4, -0.2) is 25.9 Å². The van der Waals surface area contributed by atoms with Crippen molar-refractivity contribution in [2.45, 2.75) is 26.4 Å². The second kappa shape index (κ2) is 8.78. The predicted octanol–water partition coefficient (Wildman–Crippen LogP) is 3.15. The third-order valence-corrected chi connectivity index (χ3v) is 3.40. The largest absolute Gasteiger partial charge is 0.503 e. The Morgan fingerprint density at radius 2 is 2.08 bits per heavy atom. The zero-order chi connectivity index (χ0) is 17.4. The Balaban J connectivity index is 2.10. The van der Waals surface area contributed by atoms with Gasteiger partial charge in [0.05, 0.1) is 20.5 Å². The molecule has 1 aliphatic carbocycles. The van der Waals surface area contributed by atoms with Gasteiger partial charge in [-0.1, -0.05) is 35.3 Å². The van der Waals surface area contributed by atoms with Gasteiger partial charge in [-0.05, 0) is 31.2 Å². The lowest BCUT2D eigenvalue weighted by atomic mass is 10.0. The van der Waals surface area contributed by atoms with Crippen LogP contribution >= 0.6 is 0 Å². The van der Waals surface area contributed by atoms with Gasteiger partial charge in [0.15, 0.2) is 0 Å². The molecule has 0 N–H and O–H groups in total. The molecule has 2 rings (SSSR count). The maximum atomic E-state index is 11.9. The third kappa shape index (κ3) is 5.17. The molecule has 0 aromatic heterocycles. The SMILES string of the molecule is CO/C=C(/C(=O)OC)c1ccccc1CO/N=C(\C)C#CC1CC1. The average Bonchev–Trinajstić information content (AvgIpc) is 3.42. The molecule has 0 atom stereocenters. The monoisotopic (exact) mass is 327 g/mol. The smallest absolute Gasteiger partial charge is 0.341 e. The fourth-order valence-electron chi connectivity index (χ4n) is 2.01. The molecule has 1 saturated carbocycles. The normalized spacial score (nSPS) is 14.5. The minimum absolute atomic E-state index is 0.219. The lowest BCUT2D eigenvalue weighted by Crippen LogP contribution is -2.07. The molecular weight excluding hydrogens is 306 g/mol. The number of carbonyl (C=O) groups is 1. The molecule has 0 heterocycles. The highest BCUT2D eigenvalue weighted by Gasteiger charge is 2.18. The van der Waals surface area contributed by atoms with E-state index >= 15 is 0 Å². The third-order valence-electron chi connectivity index (χ3n) is 3.40. The molecule has 1 aliphatic rings. The van der Waals surface area contributed by atoms with Gasteiger partial charge in [-0.25, -0.2) is 4.79 Å². The van der Waals surface area contributed by atoms with Crippen molar-refractivity contribution in [2.24, 2.45) is 11.1 Å². The molecule has 0 aliphatic heterocycles. The van der Waals surface area contributed by atoms with Gasteiger partial charge in [0.25, 0.3) is 0 Å². The van der Waals surface area contributed by atoms with Gasteiger partial charge in [-0.15, -0.1) is 0 Å². The Morgan fingerprint density at radius 1 is 1.33 bits per heavy atom. The second-order valence-corrected chi connectivity index (χ2v) is 5.41. The summed E-state index contributed by atoms with van der Waals surface area (Å²) >= 11 is 0. The summed E-state index contributed by atoms with van der Waals surface area (Å²) in [5.41, 5.74) is 2.45. The quantitative estimate of drug-likeness (QED) is 0.201. The van der Waals surface area contributed by atoms with Gasteiger partial charge < -0.3 is 14.3 Å². The number of oxime groups is 1. The number of benzene rings is 1. The molecule has 126 valence electrons. The fourth-order valence-corrected chi connectivity index (χ4v) is 2.01. The topological polar surface area (TPSA) is 57.1 Å². The molecule has 1 aromatic rings. The summed E-state index contributed by atoms with van der Waals surface area (Å²) in [6.07, 6.45) is 3.72. The van der Waals surface area contributed by atoms with Crippen LogP contribution in [-0.2, 0) is 25.7 Å². The van der Waals surface area contributed by atoms with Gasteiger partial charge in [0.2, 0.25) is 0 Å². The first-order valence-corrected chi connectivity index (χ1v) is 7.73. The van der Waals surface area contributed by atoms with E-state index < -0.39 is 5.97 Å². The number of ether oxygens (including phenoxy) is 2. The fraction of sp³-hybridized carbons (Fsp3) is 0.368. The van der Waals surface area contributed by atoms with Crippen molar-refractivity contribution in [3.05, 3.63) is 41.7 Å². The summed E-state index contributed by atoms with van der Waals surface area (Å²) in [7, 11) is 2.81. The van der Waals surface area contributed by atoms with E-state index in [1.807, 2.05) is 31.2 Å². The highest BCUT2D eigenvalue weighted by Crippen LogP contribution is 2.27. The molecule has 0 saturated heterocycles. The van der Waals surface area contributed by atoms with E-state index in [1.54, 1.807) is 0 Å². The average molecular weight is 327 g/mol. The first-order valence-electron chi connectivity index (χ1n) is 7.73. The highest BCUT2D eigenvalue weighted by atomic mass is 16.6. The van der Waals surface area contributed by atoms with Crippen molar-refractivity contribution < 1.29 is 19.1 Å². The van der Waals surface area contributed by atoms with E-state index in [0.717, 1.165) is 5.56 Å². The predicted molar refractivity (Wildman–Crippen MR) is 91.8 cm³/mol. The summed E-state index contributed by atoms with van der Waals surface area (Å²) in [6.45, 7) is 2.03. The van der Waals surface area contributed by atoms with Crippen LogP contribution in [0.4, 0.5) is 0 Å². The number of hydrogen-bond acceptors (Lipinski definition) is 5. The molecule has 24 heavy (non-hydrogen) atoms. The van der Waals surface area contributed by atoms with Crippen LogP contribution in [0, 0.1) is 17.8 Å². The van der Waals surface area contributed by atoms with E-state index in [0.29, 0.717) is 22.8 Å². The van der Waals surface area contributed by atoms with Gasteiger partial charge in [-0.2, -0.15) is 0 Å². The van der Waals surface area contributed by atoms with Gasteiger partial charge in [0, 0.05) is 11.5 Å². The number of hydrogen-bond donors (Lipinski definition) is 0. The Hall–Kier alpha value is -2.74. The summed E-state index contributed by atoms with van der Waals surface area (Å²) in [5.74, 6) is 6.16. The molecular formula is C19H21NO4. The van der Waals surface area contributed by atoms with Gasteiger partial charge >= 0.3 is 5.97 Å². The van der Waals surface area contributed by atoms with E-state index in [1.165, 1.54) is 33.3 Å². The number of rotatable bonds is 6. The first-order chi connectivity index (χ1) is 11.7. The number of esters is 1. The molecule has 1 aromatic carbocycles. The molecule has 5 heteroatoms. The van der Waals surface area contributed by atoms with E-state index in [2.05, 4.69) is 17.0 Å². The minimum Gasteiger partial charge on any atom is -0.503 e. The summed E-state index contributed by atoms with van der Waals surface area (Å²) in [4.78, 5) is 17.3. The first kappa shape index (κ1) is 17.6. The standard InChI is InChI=1S/C19H21NO4/c1-14(8-9-15-10-11-15)20-24-12-16-6-4-5-7-17(16)18(13-22-2)19(21)23-3/h4-7,13,15H,10-12H2,1-3H3/b18-13+,20-14+.